The highest BCUT2D eigenvalue weighted by Gasteiger charge is 2.50. The number of nitrogens with zero attached hydrogens (tertiary/aromatic N) is 1. The Balaban J connectivity index is 1.49. The molecule has 1 aliphatic carbocycles. The van der Waals surface area contributed by atoms with E-state index in [4.69, 9.17) is 4.74 Å². The number of rotatable bonds is 3. The fourth-order valence-corrected chi connectivity index (χ4v) is 4.57. The molecule has 2 aliphatic heterocycles. The summed E-state index contributed by atoms with van der Waals surface area (Å²) in [5.41, 5.74) is 1.53. The lowest BCUT2D eigenvalue weighted by Gasteiger charge is -2.42. The van der Waals surface area contributed by atoms with Gasteiger partial charge in [0.2, 0.25) is 5.91 Å². The molecule has 2 amide bonds. The van der Waals surface area contributed by atoms with Gasteiger partial charge in [-0.1, -0.05) is 24.3 Å². The molecule has 1 aromatic carbocycles. The highest BCUT2D eigenvalue weighted by molar-refractivity contribution is 5.84. The average Bonchev–Trinajstić information content (AvgIpc) is 2.93. The second-order valence-electron chi connectivity index (χ2n) is 8.39. The summed E-state index contributed by atoms with van der Waals surface area (Å²) in [6.07, 6.45) is 1.63. The molecule has 146 valence electrons. The Kier molecular flexibility index (Phi) is 4.72. The molecular formula is C21H28N2O4. The van der Waals surface area contributed by atoms with Crippen molar-refractivity contribution in [3.05, 3.63) is 35.4 Å². The Bertz CT molecular complexity index is 733. The number of aliphatic hydroxyl groups excluding tert-OH is 1. The molecule has 2 N–H and O–H groups in total. The van der Waals surface area contributed by atoms with Crippen LogP contribution in [0.2, 0.25) is 0 Å². The van der Waals surface area contributed by atoms with Crippen LogP contribution in [0.1, 0.15) is 56.8 Å². The number of carbonyl (C=O) groups excluding carboxylic acids is 2. The summed E-state index contributed by atoms with van der Waals surface area (Å²) in [6.45, 7) is 5.13. The lowest BCUT2D eigenvalue weighted by Crippen LogP contribution is -2.50. The van der Waals surface area contributed by atoms with Gasteiger partial charge in [0.1, 0.15) is 0 Å². The summed E-state index contributed by atoms with van der Waals surface area (Å²) in [6, 6.07) is 8.01. The van der Waals surface area contributed by atoms with Crippen LogP contribution in [0.4, 0.5) is 0 Å². The van der Waals surface area contributed by atoms with Gasteiger partial charge in [-0.25, -0.2) is 0 Å². The molecule has 0 radical (unpaired) electrons. The number of aliphatic hydroxyl groups is 1. The van der Waals surface area contributed by atoms with Crippen LogP contribution in [-0.2, 0) is 19.9 Å². The van der Waals surface area contributed by atoms with E-state index in [9.17, 15) is 14.7 Å². The van der Waals surface area contributed by atoms with Crippen molar-refractivity contribution in [1.82, 2.24) is 10.2 Å². The van der Waals surface area contributed by atoms with Crippen LogP contribution in [0, 0.1) is 5.92 Å². The van der Waals surface area contributed by atoms with Gasteiger partial charge in [-0.3, -0.25) is 9.59 Å². The van der Waals surface area contributed by atoms with Crippen LogP contribution < -0.4 is 5.32 Å². The topological polar surface area (TPSA) is 78.9 Å². The van der Waals surface area contributed by atoms with Crippen LogP contribution in [-0.4, -0.2) is 47.1 Å². The number of fused-ring (bicyclic) bond motifs is 2. The van der Waals surface area contributed by atoms with Gasteiger partial charge in [-0.2, -0.15) is 0 Å². The van der Waals surface area contributed by atoms with Gasteiger partial charge >= 0.3 is 0 Å². The fourth-order valence-electron chi connectivity index (χ4n) is 4.57. The predicted molar refractivity (Wildman–Crippen MR) is 99.8 cm³/mol. The molecule has 1 saturated heterocycles. The Hall–Kier alpha value is -1.92. The molecular weight excluding hydrogens is 344 g/mol. The molecule has 6 heteroatoms. The lowest BCUT2D eigenvalue weighted by atomic mass is 9.79. The maximum absolute atomic E-state index is 12.7. The van der Waals surface area contributed by atoms with Crippen molar-refractivity contribution in [1.29, 1.82) is 0 Å². The van der Waals surface area contributed by atoms with E-state index in [0.29, 0.717) is 38.8 Å². The first-order valence-electron chi connectivity index (χ1n) is 9.94. The van der Waals surface area contributed by atoms with E-state index in [1.165, 1.54) is 0 Å². The number of amides is 2. The number of likely N-dealkylation sites (tertiary alicyclic amines) is 1. The molecule has 2 fully saturated rings. The van der Waals surface area contributed by atoms with Gasteiger partial charge in [0, 0.05) is 25.0 Å². The minimum Gasteiger partial charge on any atom is -0.393 e. The number of piperidine rings is 1. The molecule has 3 aliphatic rings. The van der Waals surface area contributed by atoms with Crippen molar-refractivity contribution in [2.24, 2.45) is 5.92 Å². The van der Waals surface area contributed by atoms with Crippen LogP contribution in [0.5, 0.6) is 0 Å². The second-order valence-corrected chi connectivity index (χ2v) is 8.39. The average molecular weight is 372 g/mol. The Labute approximate surface area is 159 Å². The van der Waals surface area contributed by atoms with Crippen molar-refractivity contribution in [3.63, 3.8) is 0 Å². The van der Waals surface area contributed by atoms with Gasteiger partial charge in [-0.15, -0.1) is 0 Å². The summed E-state index contributed by atoms with van der Waals surface area (Å²) in [5.74, 6) is 0.0159. The number of benzene rings is 1. The molecule has 0 aromatic heterocycles. The van der Waals surface area contributed by atoms with Crippen molar-refractivity contribution >= 4 is 11.8 Å². The summed E-state index contributed by atoms with van der Waals surface area (Å²) < 4.78 is 6.38. The standard InChI is InChI=1S/C21H28N2O4/c1-13(2)22-19(25)18-16-5-3-4-6-17(16)21(27-18)7-9-23(10-8-21)20(26)14-11-15(24)12-14/h3-6,13-15,18,24H,7-12H2,1-2H3,(H,22,25). The van der Waals surface area contributed by atoms with E-state index in [1.54, 1.807) is 0 Å². The first-order chi connectivity index (χ1) is 12.9. The molecule has 2 heterocycles. The molecule has 4 rings (SSSR count). The van der Waals surface area contributed by atoms with Crippen LogP contribution in [0.15, 0.2) is 24.3 Å². The van der Waals surface area contributed by atoms with E-state index in [1.807, 2.05) is 36.9 Å². The van der Waals surface area contributed by atoms with Crippen molar-refractivity contribution in [3.8, 4) is 0 Å². The third-order valence-electron chi connectivity index (χ3n) is 6.09. The van der Waals surface area contributed by atoms with Crippen LogP contribution in [0.25, 0.3) is 0 Å². The van der Waals surface area contributed by atoms with E-state index in [0.717, 1.165) is 11.1 Å². The first kappa shape index (κ1) is 18.4. The number of nitrogens with one attached hydrogen (secondary N) is 1. The van der Waals surface area contributed by atoms with Gasteiger partial charge < -0.3 is 20.1 Å². The van der Waals surface area contributed by atoms with Gasteiger partial charge in [-0.05, 0) is 50.7 Å². The smallest absolute Gasteiger partial charge is 0.254 e. The molecule has 1 aromatic rings. The van der Waals surface area contributed by atoms with Crippen LogP contribution in [0.3, 0.4) is 0 Å². The number of carbonyl (C=O) groups is 2. The van der Waals surface area contributed by atoms with Gasteiger partial charge in [0.05, 0.1) is 11.7 Å². The third-order valence-corrected chi connectivity index (χ3v) is 6.09. The third kappa shape index (κ3) is 3.25. The van der Waals surface area contributed by atoms with Gasteiger partial charge in [0.25, 0.3) is 5.91 Å². The number of hydrogen-bond donors (Lipinski definition) is 2. The quantitative estimate of drug-likeness (QED) is 0.849. The lowest BCUT2D eigenvalue weighted by molar-refractivity contribution is -0.159. The maximum atomic E-state index is 12.7. The van der Waals surface area contributed by atoms with E-state index < -0.39 is 11.7 Å². The summed E-state index contributed by atoms with van der Waals surface area (Å²) >= 11 is 0. The minimum atomic E-state index is -0.590. The van der Waals surface area contributed by atoms with E-state index >= 15 is 0 Å². The predicted octanol–water partition coefficient (Wildman–Crippen LogP) is 1.87. The largest absolute Gasteiger partial charge is 0.393 e. The number of ether oxygens (including phenoxy) is 1. The number of hydrogen-bond acceptors (Lipinski definition) is 4. The second kappa shape index (κ2) is 6.91. The Morgan fingerprint density at radius 3 is 2.52 bits per heavy atom. The molecule has 1 saturated carbocycles. The summed E-state index contributed by atoms with van der Waals surface area (Å²) in [5, 5.41) is 12.4. The highest BCUT2D eigenvalue weighted by atomic mass is 16.5. The normalized spacial score (nSPS) is 28.7. The summed E-state index contributed by atoms with van der Waals surface area (Å²) in [4.78, 5) is 27.1. The van der Waals surface area contributed by atoms with Crippen LogP contribution >= 0.6 is 0 Å². The first-order valence-corrected chi connectivity index (χ1v) is 9.94. The van der Waals surface area contributed by atoms with Gasteiger partial charge in [0.15, 0.2) is 6.10 Å². The molecule has 1 atom stereocenters. The SMILES string of the molecule is CC(C)NC(=O)C1OC2(CCN(C(=O)C3CC(O)C3)CC2)c2ccccc21. The zero-order valence-electron chi connectivity index (χ0n) is 16.0. The Morgan fingerprint density at radius 2 is 1.89 bits per heavy atom. The van der Waals surface area contributed by atoms with Crippen molar-refractivity contribution in [2.75, 3.05) is 13.1 Å². The monoisotopic (exact) mass is 372 g/mol. The van der Waals surface area contributed by atoms with Crippen molar-refractivity contribution in [2.45, 2.75) is 63.4 Å². The maximum Gasteiger partial charge on any atom is 0.254 e. The molecule has 1 spiro atoms. The van der Waals surface area contributed by atoms with E-state index in [-0.39, 0.29) is 29.9 Å². The zero-order chi connectivity index (χ0) is 19.2. The minimum absolute atomic E-state index is 0.0320. The molecule has 27 heavy (non-hydrogen) atoms. The molecule has 6 nitrogen and oxygen atoms in total. The highest BCUT2D eigenvalue weighted by Crippen LogP contribution is 2.49. The summed E-state index contributed by atoms with van der Waals surface area (Å²) in [7, 11) is 0. The molecule has 1 unspecified atom stereocenters. The van der Waals surface area contributed by atoms with E-state index in [2.05, 4.69) is 11.4 Å². The molecule has 0 bridgehead atoms. The van der Waals surface area contributed by atoms with Crippen molar-refractivity contribution < 1.29 is 19.4 Å². The fraction of sp³-hybridized carbons (Fsp3) is 0.619. The Morgan fingerprint density at radius 1 is 1.22 bits per heavy atom. The zero-order valence-corrected chi connectivity index (χ0v) is 16.0.